The number of aryl methyl sites for hydroxylation is 1. The minimum absolute atomic E-state index is 0.0396. The van der Waals surface area contributed by atoms with Gasteiger partial charge >= 0.3 is 0 Å². The number of nitrogens with one attached hydrogen (secondary N) is 1. The third-order valence-electron chi connectivity index (χ3n) is 3.25. The normalized spacial score (nSPS) is 11.4. The monoisotopic (exact) mass is 266 g/mol. The molecule has 0 saturated carbocycles. The molecular formula is C15H23FN2O. The van der Waals surface area contributed by atoms with Crippen LogP contribution in [0.15, 0.2) is 18.2 Å². The molecule has 0 unspecified atom stereocenters. The molecule has 106 valence electrons. The Hall–Kier alpha value is -1.42. The Bertz CT molecular complexity index is 444. The first-order chi connectivity index (χ1) is 8.84. The van der Waals surface area contributed by atoms with Crippen LogP contribution in [-0.4, -0.2) is 12.5 Å². The summed E-state index contributed by atoms with van der Waals surface area (Å²) in [6.07, 6.45) is 1.99. The highest BCUT2D eigenvalue weighted by Crippen LogP contribution is 2.26. The topological polar surface area (TPSA) is 55.1 Å². The summed E-state index contributed by atoms with van der Waals surface area (Å²) >= 11 is 0. The predicted octanol–water partition coefficient (Wildman–Crippen LogP) is 3.23. The zero-order chi connectivity index (χ0) is 14.5. The number of benzene rings is 1. The average molecular weight is 266 g/mol. The number of hydrogen-bond acceptors (Lipinski definition) is 2. The third-order valence-corrected chi connectivity index (χ3v) is 3.25. The van der Waals surface area contributed by atoms with Gasteiger partial charge in [0.1, 0.15) is 5.82 Å². The van der Waals surface area contributed by atoms with Gasteiger partial charge in [-0.1, -0.05) is 19.9 Å². The summed E-state index contributed by atoms with van der Waals surface area (Å²) in [5, 5.41) is 2.61. The minimum atomic E-state index is -0.394. The first kappa shape index (κ1) is 15.6. The van der Waals surface area contributed by atoms with Gasteiger partial charge in [-0.05, 0) is 49.4 Å². The maximum atomic E-state index is 13.6. The molecule has 0 aliphatic rings. The highest BCUT2D eigenvalue weighted by Gasteiger charge is 2.18. The van der Waals surface area contributed by atoms with E-state index in [0.29, 0.717) is 13.0 Å². The van der Waals surface area contributed by atoms with Gasteiger partial charge in [0.05, 0.1) is 5.69 Å². The number of rotatable bonds is 6. The summed E-state index contributed by atoms with van der Waals surface area (Å²) in [7, 11) is 0. The van der Waals surface area contributed by atoms with Gasteiger partial charge < -0.3 is 11.1 Å². The minimum Gasteiger partial charge on any atom is -0.330 e. The van der Waals surface area contributed by atoms with E-state index in [1.165, 1.54) is 6.07 Å². The molecule has 0 aliphatic carbocycles. The molecule has 1 amide bonds. The zero-order valence-electron chi connectivity index (χ0n) is 11.9. The van der Waals surface area contributed by atoms with Crippen LogP contribution in [-0.2, 0) is 4.79 Å². The van der Waals surface area contributed by atoms with E-state index in [-0.39, 0.29) is 17.0 Å². The first-order valence-corrected chi connectivity index (χ1v) is 6.60. The second-order valence-corrected chi connectivity index (χ2v) is 5.73. The van der Waals surface area contributed by atoms with Crippen LogP contribution in [0.25, 0.3) is 0 Å². The predicted molar refractivity (Wildman–Crippen MR) is 76.5 cm³/mol. The van der Waals surface area contributed by atoms with Crippen LogP contribution in [0.3, 0.4) is 0 Å². The number of carbonyl (C=O) groups is 1. The van der Waals surface area contributed by atoms with E-state index in [0.717, 1.165) is 18.4 Å². The molecule has 0 radical (unpaired) electrons. The fraction of sp³-hybridized carbons (Fsp3) is 0.533. The fourth-order valence-electron chi connectivity index (χ4n) is 1.90. The van der Waals surface area contributed by atoms with Gasteiger partial charge in [-0.15, -0.1) is 0 Å². The summed E-state index contributed by atoms with van der Waals surface area (Å²) in [6.45, 7) is 6.59. The van der Waals surface area contributed by atoms with Crippen molar-refractivity contribution in [3.63, 3.8) is 0 Å². The highest BCUT2D eigenvalue weighted by molar-refractivity contribution is 5.90. The van der Waals surface area contributed by atoms with Crippen molar-refractivity contribution >= 4 is 11.6 Å². The van der Waals surface area contributed by atoms with Crippen LogP contribution < -0.4 is 11.1 Å². The van der Waals surface area contributed by atoms with Crippen LogP contribution in [0, 0.1) is 18.2 Å². The van der Waals surface area contributed by atoms with E-state index in [2.05, 4.69) is 19.2 Å². The summed E-state index contributed by atoms with van der Waals surface area (Å²) < 4.78 is 13.6. The fourth-order valence-corrected chi connectivity index (χ4v) is 1.90. The Kier molecular flexibility index (Phi) is 5.48. The summed E-state index contributed by atoms with van der Waals surface area (Å²) in [4.78, 5) is 11.8. The molecule has 0 heterocycles. The van der Waals surface area contributed by atoms with Gasteiger partial charge in [-0.3, -0.25) is 4.79 Å². The van der Waals surface area contributed by atoms with Gasteiger partial charge in [0.15, 0.2) is 0 Å². The lowest BCUT2D eigenvalue weighted by Gasteiger charge is -2.23. The second-order valence-electron chi connectivity index (χ2n) is 5.73. The summed E-state index contributed by atoms with van der Waals surface area (Å²) in [5.41, 5.74) is 6.64. The van der Waals surface area contributed by atoms with E-state index in [1.807, 2.05) is 6.92 Å². The Morgan fingerprint density at radius 1 is 1.37 bits per heavy atom. The number of anilines is 1. The first-order valence-electron chi connectivity index (χ1n) is 6.60. The zero-order valence-corrected chi connectivity index (χ0v) is 11.9. The van der Waals surface area contributed by atoms with Gasteiger partial charge in [0, 0.05) is 6.42 Å². The molecule has 0 atom stereocenters. The van der Waals surface area contributed by atoms with Gasteiger partial charge in [0.25, 0.3) is 0 Å². The molecule has 0 bridgehead atoms. The van der Waals surface area contributed by atoms with E-state index in [4.69, 9.17) is 5.73 Å². The molecule has 0 saturated heterocycles. The standard InChI is InChI=1S/C15H23FN2O/c1-11-4-5-13(12(16)10-11)18-14(19)6-7-15(2,3)8-9-17/h4-5,10H,6-9,17H2,1-3H3,(H,18,19). The molecule has 0 aromatic heterocycles. The van der Waals surface area contributed by atoms with Crippen LogP contribution in [0.5, 0.6) is 0 Å². The second kappa shape index (κ2) is 6.66. The maximum absolute atomic E-state index is 13.6. The highest BCUT2D eigenvalue weighted by atomic mass is 19.1. The van der Waals surface area contributed by atoms with Crippen LogP contribution in [0.1, 0.15) is 38.7 Å². The average Bonchev–Trinajstić information content (AvgIpc) is 2.30. The van der Waals surface area contributed by atoms with Crippen molar-refractivity contribution in [2.24, 2.45) is 11.1 Å². The van der Waals surface area contributed by atoms with Gasteiger partial charge in [-0.25, -0.2) is 4.39 Å². The molecule has 3 nitrogen and oxygen atoms in total. The van der Waals surface area contributed by atoms with Gasteiger partial charge in [0.2, 0.25) is 5.91 Å². The quantitative estimate of drug-likeness (QED) is 0.830. The number of hydrogen-bond donors (Lipinski definition) is 2. The Labute approximate surface area is 114 Å². The largest absolute Gasteiger partial charge is 0.330 e. The Morgan fingerprint density at radius 2 is 2.05 bits per heavy atom. The molecule has 19 heavy (non-hydrogen) atoms. The maximum Gasteiger partial charge on any atom is 0.224 e. The van der Waals surface area contributed by atoms with Crippen LogP contribution in [0.2, 0.25) is 0 Å². The van der Waals surface area contributed by atoms with Crippen molar-refractivity contribution in [1.82, 2.24) is 0 Å². The Balaban J connectivity index is 2.52. The molecule has 0 fully saturated rings. The van der Waals surface area contributed by atoms with Crippen molar-refractivity contribution in [3.05, 3.63) is 29.6 Å². The molecule has 3 N–H and O–H groups in total. The van der Waals surface area contributed by atoms with Gasteiger partial charge in [-0.2, -0.15) is 0 Å². The van der Waals surface area contributed by atoms with E-state index < -0.39 is 5.82 Å². The molecule has 1 rings (SSSR count). The van der Waals surface area contributed by atoms with Crippen molar-refractivity contribution in [1.29, 1.82) is 0 Å². The van der Waals surface area contributed by atoms with Crippen LogP contribution >= 0.6 is 0 Å². The Morgan fingerprint density at radius 3 is 2.63 bits per heavy atom. The van der Waals surface area contributed by atoms with E-state index in [1.54, 1.807) is 12.1 Å². The van der Waals surface area contributed by atoms with Crippen molar-refractivity contribution in [2.75, 3.05) is 11.9 Å². The molecule has 4 heteroatoms. The van der Waals surface area contributed by atoms with E-state index >= 15 is 0 Å². The lowest BCUT2D eigenvalue weighted by atomic mass is 9.84. The lowest BCUT2D eigenvalue weighted by molar-refractivity contribution is -0.116. The number of nitrogens with two attached hydrogens (primary N) is 1. The van der Waals surface area contributed by atoms with Crippen molar-refractivity contribution in [3.8, 4) is 0 Å². The molecule has 0 spiro atoms. The third kappa shape index (κ3) is 5.39. The molecule has 1 aromatic rings. The summed E-state index contributed by atoms with van der Waals surface area (Å²) in [6, 6.07) is 4.78. The molecule has 1 aromatic carbocycles. The summed E-state index contributed by atoms with van der Waals surface area (Å²) in [5.74, 6) is -0.553. The van der Waals surface area contributed by atoms with Crippen molar-refractivity contribution in [2.45, 2.75) is 40.0 Å². The number of amides is 1. The lowest BCUT2D eigenvalue weighted by Crippen LogP contribution is -2.21. The molecular weight excluding hydrogens is 243 g/mol. The SMILES string of the molecule is Cc1ccc(NC(=O)CCC(C)(C)CCN)c(F)c1. The number of carbonyl (C=O) groups excluding carboxylic acids is 1. The van der Waals surface area contributed by atoms with E-state index in [9.17, 15) is 9.18 Å². The smallest absolute Gasteiger partial charge is 0.224 e. The van der Waals surface area contributed by atoms with Crippen LogP contribution in [0.4, 0.5) is 10.1 Å². The van der Waals surface area contributed by atoms with Crippen molar-refractivity contribution < 1.29 is 9.18 Å². The molecule has 0 aliphatic heterocycles. The number of halogens is 1.